The van der Waals surface area contributed by atoms with Crippen molar-refractivity contribution in [2.75, 3.05) is 19.8 Å². The standard InChI is InChI=1S/C21H29ClN2O5/c1-2-21(27)24-11-15(25)12-28-13-19-18(24)8-7-16(29-19)9-20(26)23-10-14-5-3-4-6-17(14)22/h3-6,15-16,18-19,25H,2,7-13H2,1H3,(H,23,26)/t15-,16+,18-,19+/m0/s1. The van der Waals surface area contributed by atoms with E-state index in [1.807, 2.05) is 25.1 Å². The number of carbonyl (C=O) groups is 2. The average molecular weight is 425 g/mol. The van der Waals surface area contributed by atoms with Crippen molar-refractivity contribution in [1.29, 1.82) is 0 Å². The summed E-state index contributed by atoms with van der Waals surface area (Å²) in [6, 6.07) is 7.27. The zero-order chi connectivity index (χ0) is 20.8. The molecule has 7 nitrogen and oxygen atoms in total. The van der Waals surface area contributed by atoms with Crippen LogP contribution in [-0.4, -0.2) is 65.9 Å². The molecule has 0 bridgehead atoms. The lowest BCUT2D eigenvalue weighted by Crippen LogP contribution is -2.57. The molecular formula is C21H29ClN2O5. The highest BCUT2D eigenvalue weighted by Gasteiger charge is 2.39. The number of hydrogen-bond acceptors (Lipinski definition) is 5. The van der Waals surface area contributed by atoms with Crippen LogP contribution in [0.25, 0.3) is 0 Å². The van der Waals surface area contributed by atoms with Gasteiger partial charge in [0, 0.05) is 24.5 Å². The van der Waals surface area contributed by atoms with Crippen molar-refractivity contribution in [3.63, 3.8) is 0 Å². The second-order valence-electron chi connectivity index (χ2n) is 7.60. The summed E-state index contributed by atoms with van der Waals surface area (Å²) in [4.78, 5) is 26.5. The predicted octanol–water partition coefficient (Wildman–Crippen LogP) is 1.89. The number of β-amino-alcohol motifs (C(OH)–C–C–N with tert-alkyl or cyclic N) is 1. The monoisotopic (exact) mass is 424 g/mol. The second kappa shape index (κ2) is 10.4. The Bertz CT molecular complexity index is 716. The molecule has 0 spiro atoms. The van der Waals surface area contributed by atoms with E-state index < -0.39 is 6.10 Å². The zero-order valence-corrected chi connectivity index (χ0v) is 17.4. The van der Waals surface area contributed by atoms with Crippen LogP contribution >= 0.6 is 11.6 Å². The van der Waals surface area contributed by atoms with Crippen molar-refractivity contribution in [3.05, 3.63) is 34.9 Å². The highest BCUT2D eigenvalue weighted by molar-refractivity contribution is 6.31. The Labute approximate surface area is 176 Å². The molecule has 2 N–H and O–H groups in total. The van der Waals surface area contributed by atoms with E-state index in [9.17, 15) is 14.7 Å². The van der Waals surface area contributed by atoms with Gasteiger partial charge in [0.1, 0.15) is 6.10 Å². The van der Waals surface area contributed by atoms with Gasteiger partial charge in [-0.2, -0.15) is 0 Å². The van der Waals surface area contributed by atoms with Gasteiger partial charge in [-0.3, -0.25) is 9.59 Å². The van der Waals surface area contributed by atoms with Gasteiger partial charge in [-0.05, 0) is 24.5 Å². The maximum Gasteiger partial charge on any atom is 0.222 e. The third-order valence-corrected chi connectivity index (χ3v) is 5.82. The molecule has 1 aromatic carbocycles. The zero-order valence-electron chi connectivity index (χ0n) is 16.7. The van der Waals surface area contributed by atoms with E-state index in [0.29, 0.717) is 31.0 Å². The molecule has 1 aromatic rings. The number of halogens is 1. The lowest BCUT2D eigenvalue weighted by molar-refractivity contribution is -0.169. The van der Waals surface area contributed by atoms with E-state index in [2.05, 4.69) is 5.32 Å². The van der Waals surface area contributed by atoms with Crippen LogP contribution in [0.3, 0.4) is 0 Å². The summed E-state index contributed by atoms with van der Waals surface area (Å²) >= 11 is 6.13. The van der Waals surface area contributed by atoms with Crippen LogP contribution in [0.4, 0.5) is 0 Å². The van der Waals surface area contributed by atoms with Gasteiger partial charge in [0.2, 0.25) is 11.8 Å². The Morgan fingerprint density at radius 2 is 2.07 bits per heavy atom. The Morgan fingerprint density at radius 1 is 1.28 bits per heavy atom. The van der Waals surface area contributed by atoms with Gasteiger partial charge in [0.05, 0.1) is 37.9 Å². The molecule has 4 atom stereocenters. The summed E-state index contributed by atoms with van der Waals surface area (Å²) in [5.41, 5.74) is 0.868. The van der Waals surface area contributed by atoms with Crippen molar-refractivity contribution in [1.82, 2.24) is 10.2 Å². The molecule has 2 aliphatic heterocycles. The first kappa shape index (κ1) is 22.0. The molecule has 8 heteroatoms. The highest BCUT2D eigenvalue weighted by Crippen LogP contribution is 2.28. The SMILES string of the molecule is CCC(=O)N1C[C@H](O)COC[C@H]2O[C@@H](CC(=O)NCc3ccccc3Cl)CC[C@@H]21. The molecule has 160 valence electrons. The molecule has 2 fully saturated rings. The minimum atomic E-state index is -0.695. The summed E-state index contributed by atoms with van der Waals surface area (Å²) in [5.74, 6) is -0.0995. The van der Waals surface area contributed by atoms with E-state index in [0.717, 1.165) is 12.0 Å². The fraction of sp³-hybridized carbons (Fsp3) is 0.619. The summed E-state index contributed by atoms with van der Waals surface area (Å²) < 4.78 is 11.7. The number of hydrogen-bond donors (Lipinski definition) is 2. The van der Waals surface area contributed by atoms with E-state index in [4.69, 9.17) is 21.1 Å². The molecule has 0 aromatic heterocycles. The Morgan fingerprint density at radius 3 is 2.83 bits per heavy atom. The van der Waals surface area contributed by atoms with Gasteiger partial charge >= 0.3 is 0 Å². The van der Waals surface area contributed by atoms with Gasteiger partial charge in [-0.25, -0.2) is 0 Å². The number of aliphatic hydroxyl groups is 1. The Balaban J connectivity index is 1.55. The van der Waals surface area contributed by atoms with Crippen molar-refractivity contribution >= 4 is 23.4 Å². The quantitative estimate of drug-likeness (QED) is 0.753. The molecule has 2 aliphatic rings. The minimum absolute atomic E-state index is 0.000447. The lowest BCUT2D eigenvalue weighted by atomic mass is 9.94. The normalized spacial score (nSPS) is 27.5. The third kappa shape index (κ3) is 5.92. The predicted molar refractivity (Wildman–Crippen MR) is 108 cm³/mol. The van der Waals surface area contributed by atoms with E-state index in [1.165, 1.54) is 0 Å². The Kier molecular flexibility index (Phi) is 7.89. The van der Waals surface area contributed by atoms with Crippen LogP contribution in [0, 0.1) is 0 Å². The topological polar surface area (TPSA) is 88.1 Å². The first-order chi connectivity index (χ1) is 14.0. The molecule has 2 amide bonds. The number of nitrogens with zero attached hydrogens (tertiary/aromatic N) is 1. The van der Waals surface area contributed by atoms with Gasteiger partial charge in [0.15, 0.2) is 0 Å². The number of nitrogens with one attached hydrogen (secondary N) is 1. The van der Waals surface area contributed by atoms with Gasteiger partial charge in [0.25, 0.3) is 0 Å². The van der Waals surface area contributed by atoms with Crippen LogP contribution in [0.5, 0.6) is 0 Å². The number of fused-ring (bicyclic) bond motifs is 1. The molecular weight excluding hydrogens is 396 g/mol. The van der Waals surface area contributed by atoms with E-state index in [1.54, 1.807) is 11.0 Å². The van der Waals surface area contributed by atoms with Crippen LogP contribution in [0.2, 0.25) is 5.02 Å². The number of amides is 2. The lowest BCUT2D eigenvalue weighted by Gasteiger charge is -2.44. The number of aliphatic hydroxyl groups excluding tert-OH is 1. The molecule has 0 unspecified atom stereocenters. The smallest absolute Gasteiger partial charge is 0.222 e. The van der Waals surface area contributed by atoms with Gasteiger partial charge < -0.3 is 24.8 Å². The largest absolute Gasteiger partial charge is 0.389 e. The summed E-state index contributed by atoms with van der Waals surface area (Å²) in [6.07, 6.45) is 0.795. The van der Waals surface area contributed by atoms with Gasteiger partial charge in [-0.15, -0.1) is 0 Å². The first-order valence-electron chi connectivity index (χ1n) is 10.2. The first-order valence-corrected chi connectivity index (χ1v) is 10.6. The summed E-state index contributed by atoms with van der Waals surface area (Å²) in [5, 5.41) is 13.6. The maximum absolute atomic E-state index is 12.4. The minimum Gasteiger partial charge on any atom is -0.389 e. The second-order valence-corrected chi connectivity index (χ2v) is 8.01. The summed E-state index contributed by atoms with van der Waals surface area (Å²) in [7, 11) is 0. The molecule has 29 heavy (non-hydrogen) atoms. The fourth-order valence-corrected chi connectivity index (χ4v) is 4.15. The van der Waals surface area contributed by atoms with E-state index >= 15 is 0 Å². The maximum atomic E-state index is 12.4. The van der Waals surface area contributed by atoms with Crippen LogP contribution < -0.4 is 5.32 Å². The van der Waals surface area contributed by atoms with Crippen molar-refractivity contribution < 1.29 is 24.2 Å². The number of carbonyl (C=O) groups excluding carboxylic acids is 2. The highest BCUT2D eigenvalue weighted by atomic mass is 35.5. The molecule has 0 radical (unpaired) electrons. The van der Waals surface area contributed by atoms with Crippen LogP contribution in [0.1, 0.15) is 38.2 Å². The van der Waals surface area contributed by atoms with Crippen molar-refractivity contribution in [2.45, 2.75) is 63.5 Å². The molecule has 0 saturated carbocycles. The molecule has 0 aliphatic carbocycles. The van der Waals surface area contributed by atoms with Crippen LogP contribution in [-0.2, 0) is 25.6 Å². The number of benzene rings is 1. The van der Waals surface area contributed by atoms with Crippen molar-refractivity contribution in [2.24, 2.45) is 0 Å². The van der Waals surface area contributed by atoms with Crippen molar-refractivity contribution in [3.8, 4) is 0 Å². The Hall–Kier alpha value is -1.67. The summed E-state index contributed by atoms with van der Waals surface area (Å²) in [6.45, 7) is 2.90. The van der Waals surface area contributed by atoms with Crippen LogP contribution in [0.15, 0.2) is 24.3 Å². The average Bonchev–Trinajstić information content (AvgIpc) is 2.70. The molecule has 2 heterocycles. The van der Waals surface area contributed by atoms with E-state index in [-0.39, 0.29) is 49.6 Å². The number of rotatable bonds is 5. The number of ether oxygens (including phenoxy) is 2. The van der Waals surface area contributed by atoms with Gasteiger partial charge in [-0.1, -0.05) is 36.7 Å². The third-order valence-electron chi connectivity index (χ3n) is 5.45. The fourth-order valence-electron chi connectivity index (χ4n) is 3.95. The molecule has 2 saturated heterocycles. The molecule has 3 rings (SSSR count).